The highest BCUT2D eigenvalue weighted by molar-refractivity contribution is 5.54. The van der Waals surface area contributed by atoms with E-state index >= 15 is 0 Å². The molecule has 0 spiro atoms. The van der Waals surface area contributed by atoms with Gasteiger partial charge in [0.2, 0.25) is 11.7 Å². The molecule has 3 aromatic rings. The van der Waals surface area contributed by atoms with Crippen molar-refractivity contribution in [3.63, 3.8) is 0 Å². The molecule has 0 saturated carbocycles. The standard InChI is InChI=1S/C21H22FN3O2/c1-14-12-17(10-11-23-14)21-24-20(25-27-21)16-8-6-15(7-9-16)13-26-19-5-3-2-4-18(19)22/h2-9,14,17,23H,10-13H2,1H3/t14-,17-/m0/s1. The Kier molecular flexibility index (Phi) is 5.16. The molecule has 0 amide bonds. The second kappa shape index (κ2) is 7.88. The van der Waals surface area contributed by atoms with Crippen LogP contribution in [-0.2, 0) is 6.61 Å². The maximum absolute atomic E-state index is 13.6. The first kappa shape index (κ1) is 17.7. The van der Waals surface area contributed by atoms with Crippen LogP contribution in [0.3, 0.4) is 0 Å². The van der Waals surface area contributed by atoms with Gasteiger partial charge in [0.25, 0.3) is 0 Å². The Morgan fingerprint density at radius 1 is 1.19 bits per heavy atom. The maximum Gasteiger partial charge on any atom is 0.230 e. The van der Waals surface area contributed by atoms with E-state index < -0.39 is 0 Å². The molecule has 1 aliphatic rings. The van der Waals surface area contributed by atoms with Crippen molar-refractivity contribution in [1.82, 2.24) is 15.5 Å². The van der Waals surface area contributed by atoms with Gasteiger partial charge in [-0.05, 0) is 44.0 Å². The third-order valence-corrected chi connectivity index (χ3v) is 4.86. The van der Waals surface area contributed by atoms with Crippen molar-refractivity contribution in [1.29, 1.82) is 0 Å². The van der Waals surface area contributed by atoms with Crippen LogP contribution in [-0.4, -0.2) is 22.7 Å². The topological polar surface area (TPSA) is 60.2 Å². The largest absolute Gasteiger partial charge is 0.486 e. The van der Waals surface area contributed by atoms with Crippen LogP contribution >= 0.6 is 0 Å². The number of hydrogen-bond donors (Lipinski definition) is 1. The fourth-order valence-electron chi connectivity index (χ4n) is 3.35. The van der Waals surface area contributed by atoms with Crippen molar-refractivity contribution >= 4 is 0 Å². The monoisotopic (exact) mass is 367 g/mol. The quantitative estimate of drug-likeness (QED) is 0.728. The predicted molar refractivity (Wildman–Crippen MR) is 99.9 cm³/mol. The minimum absolute atomic E-state index is 0.251. The van der Waals surface area contributed by atoms with Gasteiger partial charge in [-0.25, -0.2) is 4.39 Å². The number of aromatic nitrogens is 2. The smallest absolute Gasteiger partial charge is 0.230 e. The van der Waals surface area contributed by atoms with Gasteiger partial charge in [0, 0.05) is 17.5 Å². The summed E-state index contributed by atoms with van der Waals surface area (Å²) >= 11 is 0. The summed E-state index contributed by atoms with van der Waals surface area (Å²) in [5.74, 6) is 1.51. The first-order valence-electron chi connectivity index (χ1n) is 9.22. The molecule has 1 fully saturated rings. The summed E-state index contributed by atoms with van der Waals surface area (Å²) < 4.78 is 24.6. The van der Waals surface area contributed by atoms with Crippen LogP contribution in [0.4, 0.5) is 4.39 Å². The van der Waals surface area contributed by atoms with Crippen molar-refractivity contribution in [2.45, 2.75) is 38.3 Å². The number of piperidine rings is 1. The Labute approximate surface area is 157 Å². The van der Waals surface area contributed by atoms with Crippen molar-refractivity contribution in [2.24, 2.45) is 0 Å². The Hall–Kier alpha value is -2.73. The van der Waals surface area contributed by atoms with Gasteiger partial charge in [-0.2, -0.15) is 4.98 Å². The van der Waals surface area contributed by atoms with Crippen LogP contribution in [0.1, 0.15) is 37.1 Å². The number of ether oxygens (including phenoxy) is 1. The maximum atomic E-state index is 13.6. The summed E-state index contributed by atoms with van der Waals surface area (Å²) in [6.07, 6.45) is 2.02. The summed E-state index contributed by atoms with van der Waals surface area (Å²) in [6.45, 7) is 3.44. The van der Waals surface area contributed by atoms with Gasteiger partial charge >= 0.3 is 0 Å². The third kappa shape index (κ3) is 4.17. The van der Waals surface area contributed by atoms with E-state index in [1.807, 2.05) is 24.3 Å². The first-order valence-corrected chi connectivity index (χ1v) is 9.22. The number of halogens is 1. The van der Waals surface area contributed by atoms with Gasteiger partial charge in [0.1, 0.15) is 6.61 Å². The number of nitrogens with one attached hydrogen (secondary N) is 1. The van der Waals surface area contributed by atoms with Gasteiger partial charge in [0.15, 0.2) is 11.6 Å². The zero-order valence-electron chi connectivity index (χ0n) is 15.2. The van der Waals surface area contributed by atoms with Crippen molar-refractivity contribution in [3.05, 3.63) is 65.8 Å². The lowest BCUT2D eigenvalue weighted by Gasteiger charge is -2.25. The van der Waals surface area contributed by atoms with Gasteiger partial charge in [0.05, 0.1) is 0 Å². The van der Waals surface area contributed by atoms with E-state index in [4.69, 9.17) is 9.26 Å². The molecule has 2 aromatic carbocycles. The molecule has 6 heteroatoms. The number of nitrogens with zero attached hydrogens (tertiary/aromatic N) is 2. The Morgan fingerprint density at radius 3 is 2.78 bits per heavy atom. The minimum Gasteiger partial charge on any atom is -0.486 e. The predicted octanol–water partition coefficient (Wildman–Crippen LogP) is 4.31. The molecule has 2 heterocycles. The van der Waals surface area contributed by atoms with Gasteiger partial charge < -0.3 is 14.6 Å². The molecule has 0 bridgehead atoms. The molecule has 140 valence electrons. The minimum atomic E-state index is -0.360. The second-order valence-electron chi connectivity index (χ2n) is 6.95. The van der Waals surface area contributed by atoms with Crippen LogP contribution in [0.2, 0.25) is 0 Å². The summed E-state index contributed by atoms with van der Waals surface area (Å²) in [6, 6.07) is 14.6. The third-order valence-electron chi connectivity index (χ3n) is 4.86. The SMILES string of the molecule is C[C@H]1C[C@@H](c2nc(-c3ccc(COc4ccccc4F)cc3)no2)CCN1. The molecule has 1 N–H and O–H groups in total. The molecular formula is C21H22FN3O2. The normalized spacial score (nSPS) is 19.8. The fourth-order valence-corrected chi connectivity index (χ4v) is 3.35. The lowest BCUT2D eigenvalue weighted by Crippen LogP contribution is -2.34. The second-order valence-corrected chi connectivity index (χ2v) is 6.95. The summed E-state index contributed by atoms with van der Waals surface area (Å²) in [5.41, 5.74) is 1.83. The Bertz CT molecular complexity index is 894. The molecule has 5 nitrogen and oxygen atoms in total. The van der Waals surface area contributed by atoms with Crippen LogP contribution in [0.15, 0.2) is 53.1 Å². The fraction of sp³-hybridized carbons (Fsp3) is 0.333. The van der Waals surface area contributed by atoms with Gasteiger partial charge in [-0.1, -0.05) is 41.6 Å². The first-order chi connectivity index (χ1) is 13.2. The Balaban J connectivity index is 1.41. The number of benzene rings is 2. The van der Waals surface area contributed by atoms with Crippen LogP contribution in [0.5, 0.6) is 5.75 Å². The van der Waals surface area contributed by atoms with Crippen molar-refractivity contribution in [3.8, 4) is 17.1 Å². The summed E-state index contributed by atoms with van der Waals surface area (Å²) in [5, 5.41) is 7.56. The van der Waals surface area contributed by atoms with Crippen molar-refractivity contribution < 1.29 is 13.7 Å². The highest BCUT2D eigenvalue weighted by Crippen LogP contribution is 2.28. The summed E-state index contributed by atoms with van der Waals surface area (Å²) in [4.78, 5) is 4.59. The van der Waals surface area contributed by atoms with Crippen LogP contribution in [0.25, 0.3) is 11.4 Å². The zero-order valence-corrected chi connectivity index (χ0v) is 15.2. The number of rotatable bonds is 5. The lowest BCUT2D eigenvalue weighted by molar-refractivity contribution is 0.290. The molecule has 0 radical (unpaired) electrons. The molecular weight excluding hydrogens is 345 g/mol. The highest BCUT2D eigenvalue weighted by atomic mass is 19.1. The van der Waals surface area contributed by atoms with Crippen molar-refractivity contribution in [2.75, 3.05) is 6.54 Å². The van der Waals surface area contributed by atoms with E-state index in [1.165, 1.54) is 6.07 Å². The van der Waals surface area contributed by atoms with E-state index in [-0.39, 0.29) is 11.6 Å². The molecule has 1 saturated heterocycles. The van der Waals surface area contributed by atoms with E-state index in [0.717, 1.165) is 30.5 Å². The molecule has 0 unspecified atom stereocenters. The number of hydrogen-bond acceptors (Lipinski definition) is 5. The van der Waals surface area contributed by atoms with Crippen LogP contribution in [0, 0.1) is 5.82 Å². The molecule has 27 heavy (non-hydrogen) atoms. The number of para-hydroxylation sites is 1. The highest BCUT2D eigenvalue weighted by Gasteiger charge is 2.25. The average Bonchev–Trinajstić information content (AvgIpc) is 3.18. The lowest BCUT2D eigenvalue weighted by atomic mass is 9.93. The van der Waals surface area contributed by atoms with Crippen LogP contribution < -0.4 is 10.1 Å². The molecule has 1 aromatic heterocycles. The zero-order chi connectivity index (χ0) is 18.6. The Morgan fingerprint density at radius 2 is 2.00 bits per heavy atom. The molecule has 1 aliphatic heterocycles. The summed E-state index contributed by atoms with van der Waals surface area (Å²) in [7, 11) is 0. The van der Waals surface area contributed by atoms with Gasteiger partial charge in [-0.15, -0.1) is 0 Å². The average molecular weight is 367 g/mol. The molecule has 0 aliphatic carbocycles. The van der Waals surface area contributed by atoms with Gasteiger partial charge in [-0.3, -0.25) is 0 Å². The van der Waals surface area contributed by atoms with E-state index in [0.29, 0.717) is 30.3 Å². The van der Waals surface area contributed by atoms with E-state index in [9.17, 15) is 4.39 Å². The molecule has 2 atom stereocenters. The van der Waals surface area contributed by atoms with E-state index in [1.54, 1.807) is 18.2 Å². The van der Waals surface area contributed by atoms with E-state index in [2.05, 4.69) is 22.4 Å². The molecule has 4 rings (SSSR count).